The Morgan fingerprint density at radius 2 is 0.759 bits per heavy atom. The van der Waals surface area contributed by atoms with E-state index in [-0.39, 0.29) is 41.7 Å². The van der Waals surface area contributed by atoms with Crippen molar-refractivity contribution in [2.75, 3.05) is 0 Å². The summed E-state index contributed by atoms with van der Waals surface area (Å²) in [4.78, 5) is 32.8. The van der Waals surface area contributed by atoms with Gasteiger partial charge in [0.1, 0.15) is 0 Å². The monoisotopic (exact) mass is 779 g/mol. The number of hydrogen-bond acceptors (Lipinski definition) is 6. The molecule has 0 N–H and O–H groups in total. The molecule has 6 rings (SSSR count). The van der Waals surface area contributed by atoms with Crippen LogP contribution in [0.2, 0.25) is 4.25 Å². The third kappa shape index (κ3) is 9.73. The second-order valence-corrected chi connectivity index (χ2v) is 19.3. The average Bonchev–Trinajstić information content (AvgIpc) is 3.13. The van der Waals surface area contributed by atoms with Crippen LogP contribution in [-0.2, 0) is 18.1 Å². The van der Waals surface area contributed by atoms with Crippen LogP contribution in [0.1, 0.15) is 54.2 Å². The van der Waals surface area contributed by atoms with Gasteiger partial charge in [-0.05, 0) is 24.6 Å². The van der Waals surface area contributed by atoms with Gasteiger partial charge >= 0.3 is 243 Å². The molecule has 9 nitrogen and oxygen atoms in total. The third-order valence-electron chi connectivity index (χ3n) is 9.12. The molecular formula is C44H39GeN3O6. The topological polar surface area (TPSA) is 129 Å². The van der Waals surface area contributed by atoms with Crippen LogP contribution in [0.5, 0.6) is 0 Å². The fourth-order valence-corrected chi connectivity index (χ4v) is 8.53. The number of nitro benzene ring substituents is 3. The number of benzene rings is 6. The average molecular weight is 778 g/mol. The Bertz CT molecular complexity index is 2350. The first kappa shape index (κ1) is 37.8. The van der Waals surface area contributed by atoms with Gasteiger partial charge in [-0.1, -0.05) is 6.07 Å². The molecule has 6 aromatic rings. The van der Waals surface area contributed by atoms with Crippen LogP contribution >= 0.6 is 0 Å². The molecule has 54 heavy (non-hydrogen) atoms. The van der Waals surface area contributed by atoms with E-state index in [4.69, 9.17) is 0 Å². The predicted molar refractivity (Wildman–Crippen MR) is 215 cm³/mol. The first-order valence-corrected chi connectivity index (χ1v) is 20.1. The molecule has 2 radical (unpaired) electrons. The fourth-order valence-electron chi connectivity index (χ4n) is 6.56. The minimum absolute atomic E-state index is 0.0303. The molecule has 0 saturated heterocycles. The molecule has 0 aromatic heterocycles. The van der Waals surface area contributed by atoms with Crippen LogP contribution in [-0.4, -0.2) is 30.2 Å². The van der Waals surface area contributed by atoms with Crippen molar-refractivity contribution in [1.29, 1.82) is 0 Å². The molecule has 0 atom stereocenters. The van der Waals surface area contributed by atoms with Gasteiger partial charge in [0.15, 0.2) is 0 Å². The summed E-state index contributed by atoms with van der Waals surface area (Å²) >= 11 is -0.295. The summed E-state index contributed by atoms with van der Waals surface area (Å²) < 4.78 is 0.269. The molecule has 0 fully saturated rings. The van der Waals surface area contributed by atoms with Crippen molar-refractivity contribution in [3.8, 4) is 33.4 Å². The van der Waals surface area contributed by atoms with Gasteiger partial charge in [-0.25, -0.2) is 0 Å². The number of non-ortho nitro benzene ring substituents is 3. The van der Waals surface area contributed by atoms with Crippen molar-refractivity contribution in [2.24, 2.45) is 0 Å². The van der Waals surface area contributed by atoms with Crippen LogP contribution in [0.25, 0.3) is 33.4 Å². The molecule has 0 bridgehead atoms. The summed E-state index contributed by atoms with van der Waals surface area (Å²) in [6.45, 7) is 8.88. The summed E-state index contributed by atoms with van der Waals surface area (Å²) in [6, 6.07) is 39.4. The van der Waals surface area contributed by atoms with Crippen LogP contribution < -0.4 is 0 Å². The van der Waals surface area contributed by atoms with E-state index in [9.17, 15) is 30.3 Å². The maximum atomic E-state index is 11.4. The Labute approximate surface area is 320 Å². The Morgan fingerprint density at radius 1 is 0.444 bits per heavy atom. The van der Waals surface area contributed by atoms with Crippen molar-refractivity contribution in [1.82, 2.24) is 0 Å². The summed E-state index contributed by atoms with van der Waals surface area (Å²) in [7, 11) is 0. The molecule has 0 saturated carbocycles. The van der Waals surface area contributed by atoms with Gasteiger partial charge in [-0.15, -0.1) is 0 Å². The quantitative estimate of drug-likeness (QED) is 0.0691. The summed E-state index contributed by atoms with van der Waals surface area (Å²) in [6.07, 6.45) is 1.26. The van der Waals surface area contributed by atoms with E-state index in [1.54, 1.807) is 48.5 Å². The smallest absolute Gasteiger partial charge is 0.258 e. The molecular weight excluding hydrogens is 739 g/mol. The second kappa shape index (κ2) is 16.0. The standard InChI is InChI=1S/C44H39GeN3O6/c1-29-17-30(23-38(18-29)35-5-11-41(12-6-35)46(49)50)19-31-20-32(25-39(24-31)36-7-13-42(14-8-36)47(51)52)21-33-22-34(28-45-44(2,3)4)27-40(26-33)37-9-15-43(16-10-37)48(53)54/h5-18,20,22-27H,19,21,28H2,1-4H3. The molecule has 0 unspecified atom stereocenters. The summed E-state index contributed by atoms with van der Waals surface area (Å²) in [5, 5.41) is 35.0. The van der Waals surface area contributed by atoms with Crippen LogP contribution in [0.3, 0.4) is 0 Å². The van der Waals surface area contributed by atoms with E-state index in [0.717, 1.165) is 66.5 Å². The summed E-state index contributed by atoms with van der Waals surface area (Å²) in [5.41, 5.74) is 12.5. The zero-order valence-corrected chi connectivity index (χ0v) is 32.6. The van der Waals surface area contributed by atoms with Gasteiger partial charge < -0.3 is 0 Å². The Balaban J connectivity index is 1.40. The zero-order valence-electron chi connectivity index (χ0n) is 30.5. The SMILES string of the molecule is Cc1cc(Cc2cc(Cc3cc([CH2][Ge][C](C)(C)C)cc(-c4ccc([N+](=O)[O-])cc4)c3)cc(-c3ccc([N+](=O)[O-])cc3)c2)cc(-c2ccc([N+](=O)[O-])cc2)c1. The number of rotatable bonds is 12. The molecule has 0 amide bonds. The van der Waals surface area contributed by atoms with Gasteiger partial charge in [-0.3, -0.25) is 20.2 Å². The summed E-state index contributed by atoms with van der Waals surface area (Å²) in [5.74, 6) is 0. The Kier molecular flexibility index (Phi) is 11.2. The number of hydrogen-bond donors (Lipinski definition) is 0. The second-order valence-electron chi connectivity index (χ2n) is 14.7. The van der Waals surface area contributed by atoms with Crippen molar-refractivity contribution in [3.05, 3.63) is 191 Å². The van der Waals surface area contributed by atoms with Gasteiger partial charge in [0, 0.05) is 12.1 Å². The van der Waals surface area contributed by atoms with Crippen molar-refractivity contribution < 1.29 is 14.8 Å². The van der Waals surface area contributed by atoms with E-state index in [0.29, 0.717) is 12.8 Å². The van der Waals surface area contributed by atoms with E-state index in [1.807, 2.05) is 6.92 Å². The van der Waals surface area contributed by atoms with E-state index < -0.39 is 9.85 Å². The van der Waals surface area contributed by atoms with Gasteiger partial charge in [-0.2, -0.15) is 0 Å². The fraction of sp³-hybridized carbons (Fsp3) is 0.182. The normalized spacial score (nSPS) is 11.3. The molecule has 0 spiro atoms. The predicted octanol–water partition coefficient (Wildman–Crippen LogP) is 11.3. The van der Waals surface area contributed by atoms with E-state index in [2.05, 4.69) is 75.4 Å². The minimum Gasteiger partial charge on any atom is -0.258 e. The molecule has 0 aliphatic carbocycles. The van der Waals surface area contributed by atoms with E-state index in [1.165, 1.54) is 29.8 Å². The minimum atomic E-state index is -0.402. The van der Waals surface area contributed by atoms with Crippen molar-refractivity contribution >= 4 is 32.5 Å². The zero-order chi connectivity index (χ0) is 38.6. The molecule has 10 heteroatoms. The van der Waals surface area contributed by atoms with E-state index >= 15 is 0 Å². The molecule has 0 aliphatic heterocycles. The van der Waals surface area contributed by atoms with Gasteiger partial charge in [0.25, 0.3) is 5.69 Å². The van der Waals surface area contributed by atoms with Crippen molar-refractivity contribution in [3.63, 3.8) is 0 Å². The van der Waals surface area contributed by atoms with Crippen LogP contribution in [0.4, 0.5) is 17.1 Å². The van der Waals surface area contributed by atoms with Crippen molar-refractivity contribution in [2.45, 2.75) is 50.0 Å². The molecule has 0 aliphatic rings. The maximum absolute atomic E-state index is 11.4. The van der Waals surface area contributed by atoms with Gasteiger partial charge in [0.2, 0.25) is 0 Å². The molecule has 270 valence electrons. The van der Waals surface area contributed by atoms with Gasteiger partial charge in [0.05, 0.1) is 9.85 Å². The Hall–Kier alpha value is -5.94. The Morgan fingerprint density at radius 3 is 1.11 bits per heavy atom. The number of nitrogens with zero attached hydrogens (tertiary/aromatic N) is 3. The molecule has 0 heterocycles. The first-order chi connectivity index (χ1) is 25.7. The van der Waals surface area contributed by atoms with Crippen LogP contribution in [0.15, 0.2) is 127 Å². The third-order valence-corrected chi connectivity index (χ3v) is 12.6. The number of aryl methyl sites for hydroxylation is 1. The number of nitro groups is 3. The first-order valence-electron chi connectivity index (χ1n) is 17.5. The van der Waals surface area contributed by atoms with Crippen LogP contribution in [0, 0.1) is 37.3 Å². The molecule has 6 aromatic carbocycles.